The van der Waals surface area contributed by atoms with Crippen molar-refractivity contribution in [3.8, 4) is 11.5 Å². The maximum atomic E-state index is 11.2. The van der Waals surface area contributed by atoms with Gasteiger partial charge in [-0.1, -0.05) is 65.8 Å². The predicted molar refractivity (Wildman–Crippen MR) is 145 cm³/mol. The largest absolute Gasteiger partial charge is 2.00 e. The molecule has 2 aromatic rings. The molecule has 0 amide bonds. The molecule has 2 aromatic carbocycles. The third kappa shape index (κ3) is 10.8. The van der Waals surface area contributed by atoms with Crippen molar-refractivity contribution in [2.24, 2.45) is 0 Å². The Balaban J connectivity index is 0.000000682. The molecule has 0 fully saturated rings. The van der Waals surface area contributed by atoms with Gasteiger partial charge in [0.2, 0.25) is 0 Å². The van der Waals surface area contributed by atoms with E-state index in [9.17, 15) is 19.8 Å². The van der Waals surface area contributed by atoms with Gasteiger partial charge in [-0.05, 0) is 64.5 Å². The average Bonchev–Trinajstić information content (AvgIpc) is 2.64. The van der Waals surface area contributed by atoms with Gasteiger partial charge in [0.15, 0.2) is 0 Å². The minimum atomic E-state index is -1.21. The van der Waals surface area contributed by atoms with E-state index in [1.54, 1.807) is 12.1 Å². The van der Waals surface area contributed by atoms with E-state index in [1.807, 2.05) is 95.2 Å². The maximum absolute atomic E-state index is 11.2. The summed E-state index contributed by atoms with van der Waals surface area (Å²) < 4.78 is 11.7. The molecule has 0 unspecified atom stereocenters. The Morgan fingerprint density at radius 3 is 1.03 bits per heavy atom. The zero-order chi connectivity index (χ0) is 28.3. The summed E-state index contributed by atoms with van der Waals surface area (Å²) in [5, 5.41) is 22.4. The van der Waals surface area contributed by atoms with Crippen molar-refractivity contribution < 1.29 is 29.3 Å². The first-order valence-corrected chi connectivity index (χ1v) is 12.1. The number of hydrogen-bond donors (Lipinski definition) is 0. The Kier molecular flexibility index (Phi) is 11.5. The number of rotatable bonds is 4. The Hall–Kier alpha value is -2.49. The quantitative estimate of drug-likeness (QED) is 0.538. The van der Waals surface area contributed by atoms with Crippen molar-refractivity contribution in [1.82, 2.24) is 0 Å². The Bertz CT molecular complexity index is 990. The first-order valence-electron chi connectivity index (χ1n) is 12.1. The van der Waals surface area contributed by atoms with Crippen molar-refractivity contribution in [2.75, 3.05) is 0 Å². The first-order chi connectivity index (χ1) is 16.0. The van der Waals surface area contributed by atoms with Crippen molar-refractivity contribution in [3.63, 3.8) is 0 Å². The van der Waals surface area contributed by atoms with Gasteiger partial charge in [0, 0.05) is 22.3 Å². The van der Waals surface area contributed by atoms with Crippen LogP contribution in [0.25, 0.3) is 0 Å². The summed E-state index contributed by atoms with van der Waals surface area (Å²) in [5.74, 6) is -1.59. The van der Waals surface area contributed by atoms with Crippen molar-refractivity contribution in [3.05, 3.63) is 58.7 Å². The van der Waals surface area contributed by atoms with Gasteiger partial charge < -0.3 is 29.3 Å². The molecule has 37 heavy (non-hydrogen) atoms. The summed E-state index contributed by atoms with van der Waals surface area (Å²) in [7, 11) is 0. The molecule has 0 N–H and O–H groups in total. The minimum absolute atomic E-state index is 0. The average molecular weight is 526 g/mol. The molecular formula is C30H42AlO6. The van der Waals surface area contributed by atoms with Crippen molar-refractivity contribution in [2.45, 2.75) is 105 Å². The van der Waals surface area contributed by atoms with Crippen LogP contribution in [0.4, 0.5) is 0 Å². The second-order valence-corrected chi connectivity index (χ2v) is 12.9. The molecule has 0 spiro atoms. The molecule has 0 aliphatic rings. The molecule has 0 atom stereocenters. The van der Waals surface area contributed by atoms with Crippen LogP contribution in [0.2, 0.25) is 0 Å². The van der Waals surface area contributed by atoms with Crippen LogP contribution < -0.4 is 19.7 Å². The fourth-order valence-electron chi connectivity index (χ4n) is 3.41. The first kappa shape index (κ1) is 34.5. The number of carboxylic acid groups (broad SMARTS) is 2. The molecule has 7 heteroatoms. The summed E-state index contributed by atoms with van der Waals surface area (Å²) in [6.45, 7) is 23.5. The van der Waals surface area contributed by atoms with Gasteiger partial charge in [-0.3, -0.25) is 0 Å². The molecule has 2 rings (SSSR count). The zero-order valence-electron chi connectivity index (χ0n) is 24.5. The number of hydrogen-bond acceptors (Lipinski definition) is 6. The van der Waals surface area contributed by atoms with Crippen LogP contribution in [0, 0.1) is 0 Å². The summed E-state index contributed by atoms with van der Waals surface area (Å²) in [6.07, 6.45) is 0. The van der Waals surface area contributed by atoms with Crippen LogP contribution in [0.15, 0.2) is 36.4 Å². The summed E-state index contributed by atoms with van der Waals surface area (Å²) >= 11 is 0. The monoisotopic (exact) mass is 525 g/mol. The topological polar surface area (TPSA) is 98.7 Å². The van der Waals surface area contributed by atoms with Gasteiger partial charge in [0.25, 0.3) is 0 Å². The molecule has 0 saturated carbocycles. The third-order valence-electron chi connectivity index (χ3n) is 4.90. The molecular weight excluding hydrogens is 483 g/mol. The van der Waals surface area contributed by atoms with E-state index >= 15 is 0 Å². The molecule has 0 aliphatic carbocycles. The fourth-order valence-corrected chi connectivity index (χ4v) is 3.41. The van der Waals surface area contributed by atoms with E-state index < -0.39 is 23.1 Å². The molecule has 0 heterocycles. The number of carbonyl (C=O) groups excluding carboxylic acids is 2. The van der Waals surface area contributed by atoms with Crippen LogP contribution in [0.3, 0.4) is 0 Å². The number of ether oxygens (including phenoxy) is 2. The Morgan fingerprint density at radius 2 is 0.838 bits per heavy atom. The zero-order valence-corrected chi connectivity index (χ0v) is 25.6. The predicted octanol–water partition coefficient (Wildman–Crippen LogP) is 4.67. The Labute approximate surface area is 233 Å². The van der Waals surface area contributed by atoms with Crippen LogP contribution in [0.5, 0.6) is 11.5 Å². The smallest absolute Gasteiger partial charge is 0.545 e. The molecule has 201 valence electrons. The van der Waals surface area contributed by atoms with E-state index in [1.165, 1.54) is 12.1 Å². The van der Waals surface area contributed by atoms with Crippen LogP contribution >= 0.6 is 0 Å². The number of benzene rings is 2. The van der Waals surface area contributed by atoms with Crippen molar-refractivity contribution in [1.29, 1.82) is 0 Å². The van der Waals surface area contributed by atoms with E-state index in [0.717, 1.165) is 11.1 Å². The van der Waals surface area contributed by atoms with Gasteiger partial charge in [-0.25, -0.2) is 0 Å². The molecule has 6 nitrogen and oxygen atoms in total. The number of para-hydroxylation sites is 2. The van der Waals surface area contributed by atoms with Crippen LogP contribution in [0.1, 0.15) is 115 Å². The van der Waals surface area contributed by atoms with Gasteiger partial charge in [0.05, 0.1) is 11.9 Å². The summed E-state index contributed by atoms with van der Waals surface area (Å²) in [6, 6.07) is 10.3. The van der Waals surface area contributed by atoms with E-state index in [4.69, 9.17) is 9.47 Å². The second-order valence-electron chi connectivity index (χ2n) is 12.9. The minimum Gasteiger partial charge on any atom is -0.545 e. The normalized spacial score (nSPS) is 12.0. The fraction of sp³-hybridized carbons (Fsp3) is 0.533. The molecule has 0 bridgehead atoms. The SMILES string of the molecule is CC(C)(C)Oc1c(C(=O)[O-])cccc1C(C)(C)C.CC(C)(C)Oc1c(C(=O)[O-])cccc1C(C)(C)C.[Al+2]. The summed E-state index contributed by atoms with van der Waals surface area (Å²) in [4.78, 5) is 22.4. The van der Waals surface area contributed by atoms with Crippen molar-refractivity contribution >= 4 is 29.3 Å². The molecule has 0 aliphatic heterocycles. The summed E-state index contributed by atoms with van der Waals surface area (Å²) in [5.41, 5.74) is 0.683. The number of aromatic carboxylic acids is 2. The van der Waals surface area contributed by atoms with Gasteiger partial charge in [0.1, 0.15) is 22.7 Å². The van der Waals surface area contributed by atoms with Gasteiger partial charge >= 0.3 is 17.4 Å². The maximum Gasteiger partial charge on any atom is 2.00 e. The van der Waals surface area contributed by atoms with Gasteiger partial charge in [-0.2, -0.15) is 0 Å². The van der Waals surface area contributed by atoms with E-state index in [2.05, 4.69) is 0 Å². The van der Waals surface area contributed by atoms with E-state index in [-0.39, 0.29) is 39.3 Å². The molecule has 1 radical (unpaired) electrons. The molecule has 0 aromatic heterocycles. The van der Waals surface area contributed by atoms with Crippen LogP contribution in [-0.4, -0.2) is 40.5 Å². The van der Waals surface area contributed by atoms with Crippen LogP contribution in [-0.2, 0) is 10.8 Å². The number of carbonyl (C=O) groups is 2. The number of carboxylic acids is 2. The molecule has 0 saturated heterocycles. The van der Waals surface area contributed by atoms with Gasteiger partial charge in [-0.15, -0.1) is 0 Å². The second kappa shape index (κ2) is 12.4. The Morgan fingerprint density at radius 1 is 0.568 bits per heavy atom. The third-order valence-corrected chi connectivity index (χ3v) is 4.90. The standard InChI is InChI=1S/2C15H22O3.Al/c2*1-14(2,3)11-9-7-8-10(13(16)17)12(11)18-15(4,5)6;/h2*7-9H,1-6H3,(H,16,17);/q;;+2/p-2. The van der Waals surface area contributed by atoms with E-state index in [0.29, 0.717) is 11.5 Å².